The third kappa shape index (κ3) is 4.85. The van der Waals surface area contributed by atoms with E-state index < -0.39 is 5.97 Å². The molecule has 0 saturated carbocycles. The first-order valence-corrected chi connectivity index (χ1v) is 6.88. The van der Waals surface area contributed by atoms with Crippen LogP contribution in [0.25, 0.3) is 0 Å². The number of anilines is 1. The molecule has 0 aliphatic heterocycles. The Morgan fingerprint density at radius 1 is 1.14 bits per heavy atom. The van der Waals surface area contributed by atoms with Gasteiger partial charge in [0.2, 0.25) is 0 Å². The fourth-order valence-electron chi connectivity index (χ4n) is 1.60. The Morgan fingerprint density at radius 3 is 2.71 bits per heavy atom. The molecule has 21 heavy (non-hydrogen) atoms. The van der Waals surface area contributed by atoms with Gasteiger partial charge in [0.25, 0.3) is 0 Å². The molecule has 2 aromatic rings. The van der Waals surface area contributed by atoms with Crippen molar-refractivity contribution >= 4 is 34.9 Å². The van der Waals surface area contributed by atoms with Gasteiger partial charge in [-0.1, -0.05) is 29.3 Å². The molecule has 0 heterocycles. The second-order valence-corrected chi connectivity index (χ2v) is 5.10. The normalized spacial score (nSPS) is 10.2. The Hall–Kier alpha value is -1.91. The largest absolute Gasteiger partial charge is 0.482 e. The molecule has 0 aliphatic rings. The second-order valence-electron chi connectivity index (χ2n) is 4.26. The van der Waals surface area contributed by atoms with Gasteiger partial charge in [-0.2, -0.15) is 0 Å². The molecule has 0 aliphatic carbocycles. The highest BCUT2D eigenvalue weighted by Gasteiger charge is 2.08. The third-order valence-electron chi connectivity index (χ3n) is 2.61. The fourth-order valence-corrected chi connectivity index (χ4v) is 1.97. The number of rotatable bonds is 5. The summed E-state index contributed by atoms with van der Waals surface area (Å²) in [7, 11) is 0. The molecule has 2 N–H and O–H groups in total. The van der Waals surface area contributed by atoms with Gasteiger partial charge < -0.3 is 15.2 Å². The summed E-state index contributed by atoms with van der Waals surface area (Å²) in [5, 5.41) is 1.02. The predicted molar refractivity (Wildman–Crippen MR) is 82.6 cm³/mol. The van der Waals surface area contributed by atoms with Crippen LogP contribution in [0.3, 0.4) is 0 Å². The van der Waals surface area contributed by atoms with E-state index in [2.05, 4.69) is 0 Å². The molecule has 0 atom stereocenters. The number of ether oxygens (including phenoxy) is 2. The number of esters is 1. The summed E-state index contributed by atoms with van der Waals surface area (Å²) < 4.78 is 10.4. The number of halogens is 2. The highest BCUT2D eigenvalue weighted by Crippen LogP contribution is 2.21. The first-order valence-electron chi connectivity index (χ1n) is 6.12. The smallest absolute Gasteiger partial charge is 0.344 e. The van der Waals surface area contributed by atoms with Crippen molar-refractivity contribution in [2.75, 3.05) is 12.3 Å². The van der Waals surface area contributed by atoms with E-state index in [0.29, 0.717) is 27.0 Å². The third-order valence-corrected chi connectivity index (χ3v) is 3.22. The maximum Gasteiger partial charge on any atom is 0.344 e. The van der Waals surface area contributed by atoms with E-state index in [4.69, 9.17) is 38.4 Å². The molecule has 0 saturated heterocycles. The second kappa shape index (κ2) is 7.20. The van der Waals surface area contributed by atoms with Crippen LogP contribution >= 0.6 is 23.2 Å². The lowest BCUT2D eigenvalue weighted by atomic mass is 10.2. The molecule has 2 aromatic carbocycles. The zero-order valence-electron chi connectivity index (χ0n) is 11.0. The molecule has 4 nitrogen and oxygen atoms in total. The SMILES string of the molecule is Nc1cccc(OCC(=O)OCc2cc(Cl)ccc2Cl)c1. The van der Waals surface area contributed by atoms with Gasteiger partial charge in [0.1, 0.15) is 12.4 Å². The van der Waals surface area contributed by atoms with E-state index in [-0.39, 0.29) is 13.2 Å². The standard InChI is InChI=1S/C15H13Cl2NO3/c16-11-4-5-14(17)10(6-11)8-21-15(19)9-20-13-3-1-2-12(18)7-13/h1-7H,8-9,18H2. The number of benzene rings is 2. The minimum Gasteiger partial charge on any atom is -0.482 e. The highest BCUT2D eigenvalue weighted by atomic mass is 35.5. The predicted octanol–water partition coefficient (Wildman–Crippen LogP) is 3.70. The Balaban J connectivity index is 1.83. The van der Waals surface area contributed by atoms with Crippen LogP contribution in [0.4, 0.5) is 5.69 Å². The summed E-state index contributed by atoms with van der Waals surface area (Å²) in [6.07, 6.45) is 0. The van der Waals surface area contributed by atoms with E-state index in [1.165, 1.54) is 0 Å². The summed E-state index contributed by atoms with van der Waals surface area (Å²) in [6, 6.07) is 11.8. The lowest BCUT2D eigenvalue weighted by Crippen LogP contribution is -2.14. The van der Waals surface area contributed by atoms with Gasteiger partial charge in [0.15, 0.2) is 6.61 Å². The number of carbonyl (C=O) groups excluding carboxylic acids is 1. The van der Waals surface area contributed by atoms with Gasteiger partial charge in [0, 0.05) is 27.4 Å². The van der Waals surface area contributed by atoms with Gasteiger partial charge >= 0.3 is 5.97 Å². The van der Waals surface area contributed by atoms with Crippen LogP contribution in [0, 0.1) is 0 Å². The van der Waals surface area contributed by atoms with Crippen molar-refractivity contribution in [2.45, 2.75) is 6.61 Å². The van der Waals surface area contributed by atoms with Gasteiger partial charge in [0.05, 0.1) is 0 Å². The van der Waals surface area contributed by atoms with Gasteiger partial charge in [-0.25, -0.2) is 4.79 Å². The van der Waals surface area contributed by atoms with Gasteiger partial charge in [-0.3, -0.25) is 0 Å². The Kier molecular flexibility index (Phi) is 5.31. The van der Waals surface area contributed by atoms with Crippen molar-refractivity contribution in [1.82, 2.24) is 0 Å². The quantitative estimate of drug-likeness (QED) is 0.672. The van der Waals surface area contributed by atoms with Crippen LogP contribution in [0.5, 0.6) is 5.75 Å². The summed E-state index contributed by atoms with van der Waals surface area (Å²) in [4.78, 5) is 11.6. The number of nitrogens with two attached hydrogens (primary N) is 1. The monoisotopic (exact) mass is 325 g/mol. The summed E-state index contributed by atoms with van der Waals surface area (Å²) in [6.45, 7) is -0.167. The average Bonchev–Trinajstić information content (AvgIpc) is 2.46. The van der Waals surface area contributed by atoms with Crippen LogP contribution in [0.2, 0.25) is 10.0 Å². The van der Waals surface area contributed by atoms with Crippen LogP contribution in [0.1, 0.15) is 5.56 Å². The number of nitrogen functional groups attached to an aromatic ring is 1. The highest BCUT2D eigenvalue weighted by molar-refractivity contribution is 6.33. The van der Waals surface area contributed by atoms with Gasteiger partial charge in [-0.15, -0.1) is 0 Å². The molecule has 0 unspecified atom stereocenters. The average molecular weight is 326 g/mol. The molecule has 0 spiro atoms. The molecule has 0 amide bonds. The molecule has 0 radical (unpaired) electrons. The lowest BCUT2D eigenvalue weighted by molar-refractivity contribution is -0.147. The van der Waals surface area contributed by atoms with E-state index in [1.807, 2.05) is 0 Å². The molecule has 2 rings (SSSR count). The number of hydrogen-bond donors (Lipinski definition) is 1. The van der Waals surface area contributed by atoms with Crippen molar-refractivity contribution in [2.24, 2.45) is 0 Å². The van der Waals surface area contributed by atoms with E-state index >= 15 is 0 Å². The zero-order valence-corrected chi connectivity index (χ0v) is 12.5. The Morgan fingerprint density at radius 2 is 1.95 bits per heavy atom. The van der Waals surface area contributed by atoms with Gasteiger partial charge in [-0.05, 0) is 30.3 Å². The van der Waals surface area contributed by atoms with Crippen LogP contribution < -0.4 is 10.5 Å². The fraction of sp³-hybridized carbons (Fsp3) is 0.133. The van der Waals surface area contributed by atoms with Crippen molar-refractivity contribution in [3.63, 3.8) is 0 Å². The molecule has 6 heteroatoms. The maximum atomic E-state index is 11.6. The summed E-state index contributed by atoms with van der Waals surface area (Å²) in [5.74, 6) is 0.00112. The van der Waals surface area contributed by atoms with Crippen molar-refractivity contribution in [1.29, 1.82) is 0 Å². The van der Waals surface area contributed by atoms with E-state index in [9.17, 15) is 4.79 Å². The van der Waals surface area contributed by atoms with Crippen molar-refractivity contribution in [3.05, 3.63) is 58.1 Å². The summed E-state index contributed by atoms with van der Waals surface area (Å²) >= 11 is 11.8. The zero-order chi connectivity index (χ0) is 15.2. The molecule has 110 valence electrons. The summed E-state index contributed by atoms with van der Waals surface area (Å²) in [5.41, 5.74) is 6.81. The minimum absolute atomic E-state index is 0.0402. The minimum atomic E-state index is -0.506. The van der Waals surface area contributed by atoms with Crippen LogP contribution in [0.15, 0.2) is 42.5 Å². The molecular weight excluding hydrogens is 313 g/mol. The van der Waals surface area contributed by atoms with Crippen molar-refractivity contribution in [3.8, 4) is 5.75 Å². The maximum absolute atomic E-state index is 11.6. The van der Waals surface area contributed by atoms with Crippen LogP contribution in [-0.4, -0.2) is 12.6 Å². The molecule has 0 aromatic heterocycles. The molecule has 0 fully saturated rings. The number of hydrogen-bond acceptors (Lipinski definition) is 4. The van der Waals surface area contributed by atoms with E-state index in [1.54, 1.807) is 42.5 Å². The topological polar surface area (TPSA) is 61.5 Å². The first kappa shape index (κ1) is 15.5. The van der Waals surface area contributed by atoms with E-state index in [0.717, 1.165) is 0 Å². The first-order chi connectivity index (χ1) is 10.0. The molecule has 0 bridgehead atoms. The Bertz CT molecular complexity index is 647. The Labute approximate surface area is 132 Å². The number of carbonyl (C=O) groups is 1. The molecular formula is C15H13Cl2NO3. The van der Waals surface area contributed by atoms with Crippen molar-refractivity contribution < 1.29 is 14.3 Å². The lowest BCUT2D eigenvalue weighted by Gasteiger charge is -2.08. The van der Waals surface area contributed by atoms with Crippen LogP contribution in [-0.2, 0) is 16.1 Å².